The summed E-state index contributed by atoms with van der Waals surface area (Å²) in [6, 6.07) is 12.6. The van der Waals surface area contributed by atoms with E-state index in [0.717, 1.165) is 5.56 Å². The minimum absolute atomic E-state index is 0.0177. The molecular formula is C15H10Cl3NOS. The van der Waals surface area contributed by atoms with Crippen LogP contribution in [0.3, 0.4) is 0 Å². The fourth-order valence-corrected chi connectivity index (χ4v) is 3.90. The molecule has 6 heteroatoms. The Morgan fingerprint density at radius 1 is 1.00 bits per heavy atom. The number of carbonyl (C=O) groups excluding carboxylic acids is 1. The highest BCUT2D eigenvalue weighted by molar-refractivity contribution is 8.00. The number of benzene rings is 2. The molecule has 1 fully saturated rings. The lowest BCUT2D eigenvalue weighted by Crippen LogP contribution is -2.28. The summed E-state index contributed by atoms with van der Waals surface area (Å²) in [6.07, 6.45) is 0. The smallest absolute Gasteiger partial charge is 0.238 e. The third-order valence-corrected chi connectivity index (χ3v) is 5.21. The molecule has 3 rings (SSSR count). The van der Waals surface area contributed by atoms with Gasteiger partial charge in [0.05, 0.1) is 16.5 Å². The van der Waals surface area contributed by atoms with Gasteiger partial charge in [-0.05, 0) is 35.9 Å². The average Bonchev–Trinajstić information content (AvgIpc) is 2.84. The highest BCUT2D eigenvalue weighted by Gasteiger charge is 2.35. The molecule has 0 N–H and O–H groups in total. The maximum Gasteiger partial charge on any atom is 0.238 e. The molecule has 2 aromatic rings. The molecule has 1 aliphatic rings. The van der Waals surface area contributed by atoms with E-state index < -0.39 is 0 Å². The first-order valence-electron chi connectivity index (χ1n) is 6.20. The fourth-order valence-electron chi connectivity index (χ4n) is 2.23. The second-order valence-corrected chi connectivity index (χ2v) is 6.92. The number of thioether (sulfide) groups is 1. The molecule has 1 atom stereocenters. The van der Waals surface area contributed by atoms with Crippen molar-refractivity contribution in [3.63, 3.8) is 0 Å². The first kappa shape index (κ1) is 15.0. The maximum absolute atomic E-state index is 12.3. The molecule has 1 aliphatic heterocycles. The topological polar surface area (TPSA) is 20.3 Å². The fraction of sp³-hybridized carbons (Fsp3) is 0.133. The summed E-state index contributed by atoms with van der Waals surface area (Å²) in [5, 5.41) is 1.61. The van der Waals surface area contributed by atoms with Crippen molar-refractivity contribution in [3.05, 3.63) is 63.1 Å². The van der Waals surface area contributed by atoms with E-state index >= 15 is 0 Å². The molecule has 0 bridgehead atoms. The zero-order chi connectivity index (χ0) is 15.0. The van der Waals surface area contributed by atoms with Gasteiger partial charge in [0, 0.05) is 10.0 Å². The van der Waals surface area contributed by atoms with Gasteiger partial charge in [-0.25, -0.2) is 0 Å². The zero-order valence-corrected chi connectivity index (χ0v) is 13.8. The van der Waals surface area contributed by atoms with Crippen LogP contribution in [0.2, 0.25) is 15.1 Å². The summed E-state index contributed by atoms with van der Waals surface area (Å²) in [5.41, 5.74) is 1.64. The van der Waals surface area contributed by atoms with Crippen molar-refractivity contribution in [2.45, 2.75) is 5.37 Å². The highest BCUT2D eigenvalue weighted by atomic mass is 35.5. The van der Waals surface area contributed by atoms with Crippen LogP contribution < -0.4 is 4.90 Å². The van der Waals surface area contributed by atoms with Crippen LogP contribution in [0.5, 0.6) is 0 Å². The lowest BCUT2D eigenvalue weighted by atomic mass is 10.2. The molecule has 0 spiro atoms. The Morgan fingerprint density at radius 3 is 2.38 bits per heavy atom. The third kappa shape index (κ3) is 3.02. The van der Waals surface area contributed by atoms with Crippen LogP contribution in [0.4, 0.5) is 5.69 Å². The van der Waals surface area contributed by atoms with Crippen molar-refractivity contribution in [2.24, 2.45) is 0 Å². The summed E-state index contributed by atoms with van der Waals surface area (Å²) in [7, 11) is 0. The number of anilines is 1. The van der Waals surface area contributed by atoms with E-state index in [0.29, 0.717) is 26.5 Å². The first-order valence-corrected chi connectivity index (χ1v) is 8.39. The summed E-state index contributed by atoms with van der Waals surface area (Å²) < 4.78 is 0. The molecule has 0 saturated carbocycles. The van der Waals surface area contributed by atoms with Crippen molar-refractivity contribution < 1.29 is 4.79 Å². The molecule has 1 saturated heterocycles. The van der Waals surface area contributed by atoms with E-state index in [9.17, 15) is 4.79 Å². The van der Waals surface area contributed by atoms with Crippen LogP contribution in [0.1, 0.15) is 10.9 Å². The Hall–Kier alpha value is -0.870. The number of halogens is 3. The predicted molar refractivity (Wildman–Crippen MR) is 90.6 cm³/mol. The number of amides is 1. The molecule has 0 aliphatic carbocycles. The van der Waals surface area contributed by atoms with Gasteiger partial charge in [-0.3, -0.25) is 9.69 Å². The SMILES string of the molecule is O=C1CSC(c2ccc(Cl)cc2)N1c1cc(Cl)ccc1Cl. The Kier molecular flexibility index (Phi) is 4.36. The monoisotopic (exact) mass is 357 g/mol. The molecular weight excluding hydrogens is 349 g/mol. The second-order valence-electron chi connectivity index (χ2n) is 4.57. The molecule has 108 valence electrons. The molecule has 2 aromatic carbocycles. The van der Waals surface area contributed by atoms with Gasteiger partial charge < -0.3 is 0 Å². The Balaban J connectivity index is 2.03. The summed E-state index contributed by atoms with van der Waals surface area (Å²) in [6.45, 7) is 0. The quantitative estimate of drug-likeness (QED) is 0.714. The van der Waals surface area contributed by atoms with Gasteiger partial charge in [-0.1, -0.05) is 46.9 Å². The number of rotatable bonds is 2. The molecule has 21 heavy (non-hydrogen) atoms. The second kappa shape index (κ2) is 6.09. The lowest BCUT2D eigenvalue weighted by molar-refractivity contribution is -0.115. The van der Waals surface area contributed by atoms with Gasteiger partial charge in [0.25, 0.3) is 0 Å². The summed E-state index contributed by atoms with van der Waals surface area (Å²) in [5.74, 6) is 0.431. The standard InChI is InChI=1S/C15H10Cl3NOS/c16-10-3-1-9(2-4-10)15-19(14(20)8-21-15)13-7-11(17)5-6-12(13)18/h1-7,15H,8H2. The van der Waals surface area contributed by atoms with Crippen LogP contribution >= 0.6 is 46.6 Å². The minimum Gasteiger partial charge on any atom is -0.293 e. The van der Waals surface area contributed by atoms with Crippen molar-refractivity contribution in [1.29, 1.82) is 0 Å². The van der Waals surface area contributed by atoms with Crippen molar-refractivity contribution in [3.8, 4) is 0 Å². The van der Waals surface area contributed by atoms with E-state index in [1.54, 1.807) is 34.9 Å². The van der Waals surface area contributed by atoms with Crippen molar-refractivity contribution in [1.82, 2.24) is 0 Å². The molecule has 1 heterocycles. The normalized spacial score (nSPS) is 18.3. The van der Waals surface area contributed by atoms with E-state index in [4.69, 9.17) is 34.8 Å². The van der Waals surface area contributed by atoms with E-state index in [-0.39, 0.29) is 11.3 Å². The van der Waals surface area contributed by atoms with Crippen molar-refractivity contribution in [2.75, 3.05) is 10.7 Å². The Labute approximate surface area is 142 Å². The van der Waals surface area contributed by atoms with E-state index in [1.807, 2.05) is 24.3 Å². The lowest BCUT2D eigenvalue weighted by Gasteiger charge is -2.25. The summed E-state index contributed by atoms with van der Waals surface area (Å²) in [4.78, 5) is 14.0. The Morgan fingerprint density at radius 2 is 1.67 bits per heavy atom. The number of hydrogen-bond donors (Lipinski definition) is 0. The Bertz CT molecular complexity index is 690. The summed E-state index contributed by atoms with van der Waals surface area (Å²) >= 11 is 19.8. The average molecular weight is 359 g/mol. The van der Waals surface area contributed by atoms with Gasteiger partial charge >= 0.3 is 0 Å². The van der Waals surface area contributed by atoms with Gasteiger partial charge in [-0.15, -0.1) is 11.8 Å². The van der Waals surface area contributed by atoms with E-state index in [2.05, 4.69) is 0 Å². The number of carbonyl (C=O) groups is 1. The first-order chi connectivity index (χ1) is 10.1. The molecule has 1 amide bonds. The van der Waals surface area contributed by atoms with Crippen LogP contribution in [0, 0.1) is 0 Å². The minimum atomic E-state index is -0.120. The van der Waals surface area contributed by atoms with Crippen LogP contribution in [0.15, 0.2) is 42.5 Å². The highest BCUT2D eigenvalue weighted by Crippen LogP contribution is 2.44. The van der Waals surface area contributed by atoms with Crippen LogP contribution in [0.25, 0.3) is 0 Å². The number of hydrogen-bond acceptors (Lipinski definition) is 2. The van der Waals surface area contributed by atoms with Gasteiger partial charge in [0.15, 0.2) is 0 Å². The maximum atomic E-state index is 12.3. The molecule has 2 nitrogen and oxygen atoms in total. The predicted octanol–water partition coefficient (Wildman–Crippen LogP) is 5.43. The van der Waals surface area contributed by atoms with Crippen LogP contribution in [-0.2, 0) is 4.79 Å². The third-order valence-electron chi connectivity index (χ3n) is 3.19. The van der Waals surface area contributed by atoms with E-state index in [1.165, 1.54) is 0 Å². The van der Waals surface area contributed by atoms with Gasteiger partial charge in [0.2, 0.25) is 5.91 Å². The molecule has 0 aromatic heterocycles. The van der Waals surface area contributed by atoms with Crippen molar-refractivity contribution >= 4 is 58.2 Å². The van der Waals surface area contributed by atoms with Gasteiger partial charge in [-0.2, -0.15) is 0 Å². The largest absolute Gasteiger partial charge is 0.293 e. The molecule has 1 unspecified atom stereocenters. The van der Waals surface area contributed by atoms with Crippen LogP contribution in [-0.4, -0.2) is 11.7 Å². The zero-order valence-electron chi connectivity index (χ0n) is 10.7. The molecule has 0 radical (unpaired) electrons. The number of nitrogens with zero attached hydrogens (tertiary/aromatic N) is 1. The van der Waals surface area contributed by atoms with Gasteiger partial charge in [0.1, 0.15) is 5.37 Å².